The highest BCUT2D eigenvalue weighted by Crippen LogP contribution is 2.34. The molecule has 4 nitrogen and oxygen atoms in total. The average molecular weight is 344 g/mol. The molecule has 0 aromatic rings. The van der Waals surface area contributed by atoms with Gasteiger partial charge in [0.15, 0.2) is 5.96 Å². The van der Waals surface area contributed by atoms with Crippen LogP contribution in [0.15, 0.2) is 4.99 Å². The van der Waals surface area contributed by atoms with Crippen LogP contribution in [0.1, 0.15) is 65.7 Å². The standard InChI is InChI=1S/C18H37N3OS/c1-5-7-8-9-10-16(3)21-17(19-4)20-15-18(23-6-2)11-13-22-14-12-18/h16H,5-15H2,1-4H3,(H2,19,20,21). The van der Waals surface area contributed by atoms with Crippen molar-refractivity contribution < 1.29 is 4.74 Å². The number of rotatable bonds is 10. The molecule has 0 radical (unpaired) electrons. The Bertz CT molecular complexity index is 325. The first-order valence-corrected chi connectivity index (χ1v) is 10.3. The highest BCUT2D eigenvalue weighted by Gasteiger charge is 2.32. The van der Waals surface area contributed by atoms with E-state index in [0.29, 0.717) is 10.8 Å². The van der Waals surface area contributed by atoms with Gasteiger partial charge in [0.05, 0.1) is 0 Å². The topological polar surface area (TPSA) is 45.7 Å². The van der Waals surface area contributed by atoms with Gasteiger partial charge in [-0.25, -0.2) is 0 Å². The fourth-order valence-electron chi connectivity index (χ4n) is 3.04. The van der Waals surface area contributed by atoms with Gasteiger partial charge in [0, 0.05) is 37.6 Å². The zero-order valence-electron chi connectivity index (χ0n) is 15.6. The first-order chi connectivity index (χ1) is 11.2. The molecular formula is C18H37N3OS. The van der Waals surface area contributed by atoms with Crippen molar-refractivity contribution in [1.29, 1.82) is 0 Å². The van der Waals surface area contributed by atoms with E-state index in [1.54, 1.807) is 0 Å². The van der Waals surface area contributed by atoms with Crippen LogP contribution in [0.4, 0.5) is 0 Å². The molecule has 1 saturated heterocycles. The largest absolute Gasteiger partial charge is 0.381 e. The molecule has 0 spiro atoms. The predicted molar refractivity (Wildman–Crippen MR) is 104 cm³/mol. The summed E-state index contributed by atoms with van der Waals surface area (Å²) in [5.41, 5.74) is 0. The summed E-state index contributed by atoms with van der Waals surface area (Å²) in [7, 11) is 1.86. The van der Waals surface area contributed by atoms with E-state index in [1.165, 1.54) is 32.1 Å². The molecule has 1 fully saturated rings. The van der Waals surface area contributed by atoms with Gasteiger partial charge in [-0.3, -0.25) is 4.99 Å². The second-order valence-electron chi connectivity index (χ2n) is 6.55. The van der Waals surface area contributed by atoms with Crippen LogP contribution in [0, 0.1) is 0 Å². The number of thioether (sulfide) groups is 1. The summed E-state index contributed by atoms with van der Waals surface area (Å²) in [6, 6.07) is 0.475. The number of nitrogens with zero attached hydrogens (tertiary/aromatic N) is 1. The molecule has 1 unspecified atom stereocenters. The van der Waals surface area contributed by atoms with Crippen molar-refractivity contribution in [2.75, 3.05) is 32.6 Å². The van der Waals surface area contributed by atoms with Crippen molar-refractivity contribution in [1.82, 2.24) is 10.6 Å². The third-order valence-electron chi connectivity index (χ3n) is 4.53. The van der Waals surface area contributed by atoms with Crippen LogP contribution < -0.4 is 10.6 Å². The van der Waals surface area contributed by atoms with Crippen molar-refractivity contribution >= 4 is 17.7 Å². The quantitative estimate of drug-likeness (QED) is 0.360. The van der Waals surface area contributed by atoms with Crippen LogP contribution in [-0.4, -0.2) is 49.3 Å². The molecule has 1 aliphatic heterocycles. The highest BCUT2D eigenvalue weighted by molar-refractivity contribution is 8.00. The summed E-state index contributed by atoms with van der Waals surface area (Å²) in [5, 5.41) is 7.10. The van der Waals surface area contributed by atoms with E-state index in [2.05, 4.69) is 48.2 Å². The van der Waals surface area contributed by atoms with Gasteiger partial charge in [0.2, 0.25) is 0 Å². The smallest absolute Gasteiger partial charge is 0.191 e. The molecule has 1 atom stereocenters. The van der Waals surface area contributed by atoms with E-state index < -0.39 is 0 Å². The number of ether oxygens (including phenoxy) is 1. The Labute approximate surface area is 147 Å². The molecule has 0 saturated carbocycles. The molecule has 23 heavy (non-hydrogen) atoms. The van der Waals surface area contributed by atoms with Crippen LogP contribution in [-0.2, 0) is 4.74 Å². The van der Waals surface area contributed by atoms with Crippen molar-refractivity contribution in [2.45, 2.75) is 76.5 Å². The number of unbranched alkanes of at least 4 members (excludes halogenated alkanes) is 3. The van der Waals surface area contributed by atoms with Crippen LogP contribution in [0.5, 0.6) is 0 Å². The number of aliphatic imine (C=N–C) groups is 1. The third kappa shape index (κ3) is 8.30. The maximum Gasteiger partial charge on any atom is 0.191 e. The van der Waals surface area contributed by atoms with E-state index in [4.69, 9.17) is 4.74 Å². The Balaban J connectivity index is 2.36. The SMILES string of the molecule is CCCCCCC(C)NC(=NC)NCC1(SCC)CCOCC1. The van der Waals surface area contributed by atoms with Crippen LogP contribution in [0.25, 0.3) is 0 Å². The minimum absolute atomic E-state index is 0.301. The summed E-state index contributed by atoms with van der Waals surface area (Å²) in [6.45, 7) is 9.49. The Kier molecular flexibility index (Phi) is 10.8. The number of guanidine groups is 1. The summed E-state index contributed by atoms with van der Waals surface area (Å²) < 4.78 is 5.85. The minimum atomic E-state index is 0.301. The fraction of sp³-hybridized carbons (Fsp3) is 0.944. The maximum atomic E-state index is 5.55. The van der Waals surface area contributed by atoms with Gasteiger partial charge in [0.25, 0.3) is 0 Å². The Morgan fingerprint density at radius 1 is 1.22 bits per heavy atom. The van der Waals surface area contributed by atoms with Crippen molar-refractivity contribution in [3.63, 3.8) is 0 Å². The summed E-state index contributed by atoms with van der Waals surface area (Å²) in [6.07, 6.45) is 8.74. The lowest BCUT2D eigenvalue weighted by Crippen LogP contribution is -2.49. The first kappa shape index (κ1) is 20.6. The molecule has 0 aliphatic carbocycles. The Morgan fingerprint density at radius 2 is 1.96 bits per heavy atom. The molecule has 0 bridgehead atoms. The van der Waals surface area contributed by atoms with E-state index in [1.807, 2.05) is 7.05 Å². The lowest BCUT2D eigenvalue weighted by atomic mass is 9.99. The molecule has 0 aromatic carbocycles. The molecule has 1 aliphatic rings. The summed E-state index contributed by atoms with van der Waals surface area (Å²) in [4.78, 5) is 4.40. The van der Waals surface area contributed by atoms with Gasteiger partial charge in [-0.15, -0.1) is 0 Å². The van der Waals surface area contributed by atoms with Crippen LogP contribution in [0.3, 0.4) is 0 Å². The van der Waals surface area contributed by atoms with Crippen molar-refractivity contribution in [3.05, 3.63) is 0 Å². The number of hydrogen-bond acceptors (Lipinski definition) is 3. The highest BCUT2D eigenvalue weighted by atomic mass is 32.2. The molecular weight excluding hydrogens is 306 g/mol. The molecule has 0 aromatic heterocycles. The van der Waals surface area contributed by atoms with E-state index in [9.17, 15) is 0 Å². The number of nitrogens with one attached hydrogen (secondary N) is 2. The monoisotopic (exact) mass is 343 g/mol. The van der Waals surface area contributed by atoms with Crippen molar-refractivity contribution in [3.8, 4) is 0 Å². The third-order valence-corrected chi connectivity index (χ3v) is 5.98. The van der Waals surface area contributed by atoms with Gasteiger partial charge in [-0.05, 0) is 31.9 Å². The van der Waals surface area contributed by atoms with E-state index in [0.717, 1.165) is 44.3 Å². The normalized spacial score (nSPS) is 19.4. The van der Waals surface area contributed by atoms with Gasteiger partial charge < -0.3 is 15.4 Å². The van der Waals surface area contributed by atoms with Crippen LogP contribution >= 0.6 is 11.8 Å². The van der Waals surface area contributed by atoms with E-state index >= 15 is 0 Å². The molecule has 1 rings (SSSR count). The van der Waals surface area contributed by atoms with Gasteiger partial charge in [-0.1, -0.05) is 39.5 Å². The first-order valence-electron chi connectivity index (χ1n) is 9.34. The minimum Gasteiger partial charge on any atom is -0.381 e. The molecule has 2 N–H and O–H groups in total. The maximum absolute atomic E-state index is 5.55. The van der Waals surface area contributed by atoms with Crippen LogP contribution in [0.2, 0.25) is 0 Å². The van der Waals surface area contributed by atoms with E-state index in [-0.39, 0.29) is 0 Å². The average Bonchev–Trinajstić information content (AvgIpc) is 2.56. The Hall–Kier alpha value is -0.420. The number of hydrogen-bond donors (Lipinski definition) is 2. The summed E-state index contributed by atoms with van der Waals surface area (Å²) in [5.74, 6) is 2.09. The molecule has 5 heteroatoms. The zero-order chi connectivity index (χ0) is 17.0. The molecule has 136 valence electrons. The molecule has 0 amide bonds. The second kappa shape index (κ2) is 12.0. The summed E-state index contributed by atoms with van der Waals surface area (Å²) >= 11 is 2.07. The van der Waals surface area contributed by atoms with Gasteiger partial charge in [0.1, 0.15) is 0 Å². The second-order valence-corrected chi connectivity index (χ2v) is 8.28. The fourth-order valence-corrected chi connectivity index (χ4v) is 4.29. The lowest BCUT2D eigenvalue weighted by Gasteiger charge is -2.37. The van der Waals surface area contributed by atoms with Gasteiger partial charge in [-0.2, -0.15) is 11.8 Å². The van der Waals surface area contributed by atoms with Crippen molar-refractivity contribution in [2.24, 2.45) is 4.99 Å². The predicted octanol–water partition coefficient (Wildman–Crippen LogP) is 3.81. The Morgan fingerprint density at radius 3 is 2.57 bits per heavy atom. The zero-order valence-corrected chi connectivity index (χ0v) is 16.4. The lowest BCUT2D eigenvalue weighted by molar-refractivity contribution is 0.0782. The van der Waals surface area contributed by atoms with Gasteiger partial charge >= 0.3 is 0 Å². The molecule has 1 heterocycles.